The average molecular weight is 435 g/mol. The number of rotatable bonds is 7. The van der Waals surface area contributed by atoms with Crippen LogP contribution in [0.5, 0.6) is 0 Å². The summed E-state index contributed by atoms with van der Waals surface area (Å²) in [5.74, 6) is -2.20. The number of imidazole rings is 1. The van der Waals surface area contributed by atoms with Crippen LogP contribution in [0.3, 0.4) is 0 Å². The molecule has 0 aliphatic rings. The first-order valence-electron chi connectivity index (χ1n) is 9.92. The number of halogens is 2. The minimum atomic E-state index is -1.14. The van der Waals surface area contributed by atoms with E-state index in [-0.39, 0.29) is 41.1 Å². The summed E-state index contributed by atoms with van der Waals surface area (Å²) < 4.78 is 29.6. The Morgan fingerprint density at radius 2 is 1.81 bits per heavy atom. The standard InChI is InChI=1S/C24H19F2N3O3/c25-17-6-2-1-5-16(17)22(31)11-10-21(30)15-8-9-18(26)19(13-15)28-24(32)20-14-27-23-7-3-4-12-29(20)23/h1-9,12-14,22,31H,10-11H2,(H,28,32)/t22-/m1/s1. The molecule has 0 aliphatic heterocycles. The lowest BCUT2D eigenvalue weighted by Gasteiger charge is -2.12. The van der Waals surface area contributed by atoms with Crippen LogP contribution in [0, 0.1) is 11.6 Å². The summed E-state index contributed by atoms with van der Waals surface area (Å²) in [5.41, 5.74) is 0.905. The van der Waals surface area contributed by atoms with E-state index in [4.69, 9.17) is 0 Å². The first-order chi connectivity index (χ1) is 15.4. The van der Waals surface area contributed by atoms with Crippen molar-refractivity contribution in [3.8, 4) is 0 Å². The zero-order valence-corrected chi connectivity index (χ0v) is 16.8. The van der Waals surface area contributed by atoms with Gasteiger partial charge in [0.1, 0.15) is 23.0 Å². The van der Waals surface area contributed by atoms with Gasteiger partial charge in [-0.05, 0) is 42.8 Å². The maximum Gasteiger partial charge on any atom is 0.274 e. The van der Waals surface area contributed by atoms with Crippen molar-refractivity contribution in [3.05, 3.63) is 102 Å². The van der Waals surface area contributed by atoms with Gasteiger partial charge in [0.05, 0.1) is 18.0 Å². The van der Waals surface area contributed by atoms with E-state index in [1.165, 1.54) is 36.5 Å². The van der Waals surface area contributed by atoms with Crippen LogP contribution in [-0.4, -0.2) is 26.2 Å². The largest absolute Gasteiger partial charge is 0.388 e. The van der Waals surface area contributed by atoms with Crippen LogP contribution < -0.4 is 5.32 Å². The van der Waals surface area contributed by atoms with Crippen LogP contribution in [0.1, 0.15) is 45.4 Å². The van der Waals surface area contributed by atoms with E-state index >= 15 is 0 Å². The predicted octanol–water partition coefficient (Wildman–Crippen LogP) is 4.56. The molecule has 1 atom stereocenters. The number of carbonyl (C=O) groups excluding carboxylic acids is 2. The fourth-order valence-corrected chi connectivity index (χ4v) is 3.39. The fourth-order valence-electron chi connectivity index (χ4n) is 3.39. The molecule has 2 N–H and O–H groups in total. The average Bonchev–Trinajstić information content (AvgIpc) is 3.23. The third-order valence-electron chi connectivity index (χ3n) is 5.10. The highest BCUT2D eigenvalue weighted by molar-refractivity contribution is 6.04. The van der Waals surface area contributed by atoms with Crippen molar-refractivity contribution in [3.63, 3.8) is 0 Å². The minimum absolute atomic E-state index is 0.000644. The lowest BCUT2D eigenvalue weighted by molar-refractivity contribution is 0.0936. The molecule has 0 bridgehead atoms. The van der Waals surface area contributed by atoms with Crippen LogP contribution in [0.25, 0.3) is 5.65 Å². The van der Waals surface area contributed by atoms with Crippen molar-refractivity contribution >= 4 is 23.0 Å². The molecule has 4 aromatic rings. The molecule has 0 aliphatic carbocycles. The highest BCUT2D eigenvalue weighted by Crippen LogP contribution is 2.24. The van der Waals surface area contributed by atoms with Gasteiger partial charge in [0.15, 0.2) is 5.78 Å². The number of anilines is 1. The van der Waals surface area contributed by atoms with Crippen molar-refractivity contribution in [2.24, 2.45) is 0 Å². The van der Waals surface area contributed by atoms with Gasteiger partial charge in [-0.2, -0.15) is 0 Å². The van der Waals surface area contributed by atoms with E-state index < -0.39 is 23.6 Å². The van der Waals surface area contributed by atoms with Crippen LogP contribution in [0.15, 0.2) is 73.1 Å². The number of hydrogen-bond donors (Lipinski definition) is 2. The second-order valence-electron chi connectivity index (χ2n) is 7.22. The van der Waals surface area contributed by atoms with Crippen molar-refractivity contribution in [2.45, 2.75) is 18.9 Å². The van der Waals surface area contributed by atoms with Gasteiger partial charge in [0, 0.05) is 23.7 Å². The number of fused-ring (bicyclic) bond motifs is 1. The number of aliphatic hydroxyl groups excluding tert-OH is 1. The van der Waals surface area contributed by atoms with Crippen LogP contribution in [-0.2, 0) is 0 Å². The normalized spacial score (nSPS) is 12.0. The molecule has 2 heterocycles. The SMILES string of the molecule is O=C(CC[C@@H](O)c1ccccc1F)c1ccc(F)c(NC(=O)c2cnc3ccccn23)c1. The molecule has 8 heteroatoms. The maximum atomic E-state index is 14.3. The number of amides is 1. The van der Waals surface area contributed by atoms with Gasteiger partial charge < -0.3 is 10.4 Å². The molecule has 6 nitrogen and oxygen atoms in total. The molecule has 2 aromatic carbocycles. The Kier molecular flexibility index (Phi) is 6.04. The van der Waals surface area contributed by atoms with E-state index in [2.05, 4.69) is 10.3 Å². The Balaban J connectivity index is 1.46. The Bertz CT molecular complexity index is 1300. The summed E-state index contributed by atoms with van der Waals surface area (Å²) in [7, 11) is 0. The van der Waals surface area contributed by atoms with Crippen LogP contribution in [0.4, 0.5) is 14.5 Å². The monoisotopic (exact) mass is 435 g/mol. The lowest BCUT2D eigenvalue weighted by Crippen LogP contribution is -2.16. The first-order valence-corrected chi connectivity index (χ1v) is 9.92. The molecule has 0 unspecified atom stereocenters. The van der Waals surface area contributed by atoms with Gasteiger partial charge in [-0.25, -0.2) is 13.8 Å². The van der Waals surface area contributed by atoms with Gasteiger partial charge in [0.25, 0.3) is 5.91 Å². The number of Topliss-reactive ketones (excluding diaryl/α,β-unsaturated/α-hetero) is 1. The van der Waals surface area contributed by atoms with Crippen molar-refractivity contribution in [2.75, 3.05) is 5.32 Å². The second kappa shape index (κ2) is 9.07. The molecule has 4 rings (SSSR count). The van der Waals surface area contributed by atoms with E-state index in [1.54, 1.807) is 34.9 Å². The zero-order valence-electron chi connectivity index (χ0n) is 16.8. The Morgan fingerprint density at radius 1 is 1.03 bits per heavy atom. The molecule has 0 fully saturated rings. The highest BCUT2D eigenvalue weighted by Gasteiger charge is 2.18. The summed E-state index contributed by atoms with van der Waals surface area (Å²) in [6, 6.07) is 14.7. The van der Waals surface area contributed by atoms with Gasteiger partial charge >= 0.3 is 0 Å². The van der Waals surface area contributed by atoms with Gasteiger partial charge in [-0.1, -0.05) is 24.3 Å². The second-order valence-corrected chi connectivity index (χ2v) is 7.22. The molecule has 0 radical (unpaired) electrons. The topological polar surface area (TPSA) is 83.7 Å². The summed E-state index contributed by atoms with van der Waals surface area (Å²) >= 11 is 0. The van der Waals surface area contributed by atoms with Crippen molar-refractivity contribution < 1.29 is 23.5 Å². The number of nitrogens with zero attached hydrogens (tertiary/aromatic N) is 2. The summed E-state index contributed by atoms with van der Waals surface area (Å²) in [6.07, 6.45) is 1.81. The van der Waals surface area contributed by atoms with Crippen LogP contribution in [0.2, 0.25) is 0 Å². The first kappa shape index (κ1) is 21.3. The number of pyridine rings is 1. The molecule has 0 spiro atoms. The molecular weight excluding hydrogens is 416 g/mol. The van der Waals surface area contributed by atoms with Crippen molar-refractivity contribution in [1.82, 2.24) is 9.38 Å². The van der Waals surface area contributed by atoms with E-state index in [1.807, 2.05) is 0 Å². The number of nitrogens with one attached hydrogen (secondary N) is 1. The fraction of sp³-hybridized carbons (Fsp3) is 0.125. The molecule has 2 aromatic heterocycles. The minimum Gasteiger partial charge on any atom is -0.388 e. The quantitative estimate of drug-likeness (QED) is 0.417. The predicted molar refractivity (Wildman–Crippen MR) is 114 cm³/mol. The third-order valence-corrected chi connectivity index (χ3v) is 5.10. The summed E-state index contributed by atoms with van der Waals surface area (Å²) in [4.78, 5) is 29.3. The third kappa shape index (κ3) is 4.40. The van der Waals surface area contributed by atoms with Crippen LogP contribution >= 0.6 is 0 Å². The molecule has 1 amide bonds. The smallest absolute Gasteiger partial charge is 0.274 e. The molecule has 0 saturated heterocycles. The van der Waals surface area contributed by atoms with Crippen molar-refractivity contribution in [1.29, 1.82) is 0 Å². The summed E-state index contributed by atoms with van der Waals surface area (Å²) in [5, 5.41) is 12.7. The van der Waals surface area contributed by atoms with E-state index in [0.717, 1.165) is 6.07 Å². The molecule has 0 saturated carbocycles. The number of carbonyl (C=O) groups is 2. The molecule has 162 valence electrons. The number of aliphatic hydroxyl groups is 1. The van der Waals surface area contributed by atoms with E-state index in [0.29, 0.717) is 5.65 Å². The molecular formula is C24H19F2N3O3. The highest BCUT2D eigenvalue weighted by atomic mass is 19.1. The van der Waals surface area contributed by atoms with Gasteiger partial charge in [0.2, 0.25) is 0 Å². The Hall–Kier alpha value is -3.91. The lowest BCUT2D eigenvalue weighted by atomic mass is 9.99. The van der Waals surface area contributed by atoms with E-state index in [9.17, 15) is 23.5 Å². The van der Waals surface area contributed by atoms with Gasteiger partial charge in [-0.15, -0.1) is 0 Å². The number of aromatic nitrogens is 2. The number of ketones is 1. The molecule has 32 heavy (non-hydrogen) atoms. The Labute approximate surface area is 182 Å². The number of benzene rings is 2. The van der Waals surface area contributed by atoms with Gasteiger partial charge in [-0.3, -0.25) is 14.0 Å². The summed E-state index contributed by atoms with van der Waals surface area (Å²) in [6.45, 7) is 0. The zero-order chi connectivity index (χ0) is 22.7. The Morgan fingerprint density at radius 3 is 2.62 bits per heavy atom. The maximum absolute atomic E-state index is 14.3. The number of hydrogen-bond acceptors (Lipinski definition) is 4.